The SMILES string of the molecule is CCC(C)N(CCNCCC(C)(C)C)CCOC. The van der Waals surface area contributed by atoms with Crippen molar-refractivity contribution in [3.8, 4) is 0 Å². The maximum absolute atomic E-state index is 5.18. The van der Waals surface area contributed by atoms with Crippen molar-refractivity contribution in [3.63, 3.8) is 0 Å². The molecule has 0 radical (unpaired) electrons. The highest BCUT2D eigenvalue weighted by molar-refractivity contribution is 4.68. The summed E-state index contributed by atoms with van der Waals surface area (Å²) < 4.78 is 5.18. The molecule has 3 heteroatoms. The smallest absolute Gasteiger partial charge is 0.0589 e. The van der Waals surface area contributed by atoms with Crippen LogP contribution in [0, 0.1) is 5.41 Å². The second-order valence-electron chi connectivity index (χ2n) is 6.35. The Labute approximate surface area is 114 Å². The summed E-state index contributed by atoms with van der Waals surface area (Å²) in [5, 5.41) is 3.55. The molecular formula is C15H34N2O. The molecule has 0 heterocycles. The van der Waals surface area contributed by atoms with Crippen LogP contribution < -0.4 is 5.32 Å². The second-order valence-corrected chi connectivity index (χ2v) is 6.35. The highest BCUT2D eigenvalue weighted by atomic mass is 16.5. The molecule has 0 bridgehead atoms. The third-order valence-electron chi connectivity index (χ3n) is 3.42. The van der Waals surface area contributed by atoms with E-state index in [1.54, 1.807) is 7.11 Å². The van der Waals surface area contributed by atoms with Gasteiger partial charge in [0.25, 0.3) is 0 Å². The van der Waals surface area contributed by atoms with Crippen LogP contribution in [-0.4, -0.2) is 50.8 Å². The number of rotatable bonds is 10. The Hall–Kier alpha value is -0.120. The maximum atomic E-state index is 5.18. The van der Waals surface area contributed by atoms with Gasteiger partial charge in [-0.1, -0.05) is 27.7 Å². The molecule has 110 valence electrons. The summed E-state index contributed by atoms with van der Waals surface area (Å²) in [5.74, 6) is 0. The van der Waals surface area contributed by atoms with Gasteiger partial charge in [-0.15, -0.1) is 0 Å². The number of methoxy groups -OCH3 is 1. The Morgan fingerprint density at radius 1 is 1.17 bits per heavy atom. The topological polar surface area (TPSA) is 24.5 Å². The first-order valence-electron chi connectivity index (χ1n) is 7.34. The summed E-state index contributed by atoms with van der Waals surface area (Å²) in [4.78, 5) is 2.51. The minimum Gasteiger partial charge on any atom is -0.383 e. The Bertz CT molecular complexity index is 189. The van der Waals surface area contributed by atoms with E-state index < -0.39 is 0 Å². The molecule has 3 nitrogen and oxygen atoms in total. The average Bonchev–Trinajstić information content (AvgIpc) is 2.30. The molecular weight excluding hydrogens is 224 g/mol. The molecule has 0 aromatic rings. The zero-order valence-corrected chi connectivity index (χ0v) is 13.4. The summed E-state index contributed by atoms with van der Waals surface area (Å²) >= 11 is 0. The van der Waals surface area contributed by atoms with Crippen LogP contribution in [0.25, 0.3) is 0 Å². The van der Waals surface area contributed by atoms with E-state index in [1.165, 1.54) is 12.8 Å². The first-order valence-corrected chi connectivity index (χ1v) is 7.34. The van der Waals surface area contributed by atoms with E-state index in [9.17, 15) is 0 Å². The Morgan fingerprint density at radius 3 is 2.33 bits per heavy atom. The van der Waals surface area contributed by atoms with Gasteiger partial charge in [-0.2, -0.15) is 0 Å². The maximum Gasteiger partial charge on any atom is 0.0589 e. The monoisotopic (exact) mass is 258 g/mol. The van der Waals surface area contributed by atoms with Crippen LogP contribution in [0.3, 0.4) is 0 Å². The van der Waals surface area contributed by atoms with Gasteiger partial charge in [0.1, 0.15) is 0 Å². The fourth-order valence-electron chi connectivity index (χ4n) is 1.83. The summed E-state index contributed by atoms with van der Waals surface area (Å²) in [7, 11) is 1.77. The molecule has 0 aromatic heterocycles. The van der Waals surface area contributed by atoms with Crippen molar-refractivity contribution in [1.29, 1.82) is 0 Å². The van der Waals surface area contributed by atoms with E-state index in [0.717, 1.165) is 32.8 Å². The molecule has 0 rings (SSSR count). The lowest BCUT2D eigenvalue weighted by Crippen LogP contribution is -2.40. The lowest BCUT2D eigenvalue weighted by Gasteiger charge is -2.28. The number of ether oxygens (including phenoxy) is 1. The van der Waals surface area contributed by atoms with Crippen molar-refractivity contribution in [2.75, 3.05) is 39.9 Å². The standard InChI is InChI=1S/C15H34N2O/c1-7-14(2)17(12-13-18-6)11-10-16-9-8-15(3,4)5/h14,16H,7-13H2,1-6H3. The molecule has 1 unspecified atom stereocenters. The first-order chi connectivity index (χ1) is 8.40. The highest BCUT2D eigenvalue weighted by Gasteiger charge is 2.12. The van der Waals surface area contributed by atoms with E-state index >= 15 is 0 Å². The molecule has 18 heavy (non-hydrogen) atoms. The van der Waals surface area contributed by atoms with Crippen LogP contribution in [0.15, 0.2) is 0 Å². The van der Waals surface area contributed by atoms with Crippen LogP contribution in [0.1, 0.15) is 47.5 Å². The van der Waals surface area contributed by atoms with Crippen molar-refractivity contribution in [2.24, 2.45) is 5.41 Å². The fourth-order valence-corrected chi connectivity index (χ4v) is 1.83. The van der Waals surface area contributed by atoms with Crippen LogP contribution in [0.5, 0.6) is 0 Å². The van der Waals surface area contributed by atoms with Crippen LogP contribution >= 0.6 is 0 Å². The average molecular weight is 258 g/mol. The molecule has 1 N–H and O–H groups in total. The number of nitrogens with zero attached hydrogens (tertiary/aromatic N) is 1. The quantitative estimate of drug-likeness (QED) is 0.610. The van der Waals surface area contributed by atoms with Gasteiger partial charge < -0.3 is 10.1 Å². The van der Waals surface area contributed by atoms with Crippen molar-refractivity contribution in [1.82, 2.24) is 10.2 Å². The molecule has 0 aliphatic heterocycles. The summed E-state index contributed by atoms with van der Waals surface area (Å²) in [6.45, 7) is 16.6. The molecule has 0 saturated heterocycles. The zero-order chi connectivity index (χ0) is 14.0. The summed E-state index contributed by atoms with van der Waals surface area (Å²) in [6.07, 6.45) is 2.43. The predicted octanol–water partition coefficient (Wildman–Crippen LogP) is 2.76. The van der Waals surface area contributed by atoms with Gasteiger partial charge in [-0.3, -0.25) is 4.90 Å². The second kappa shape index (κ2) is 9.76. The van der Waals surface area contributed by atoms with Gasteiger partial charge in [-0.25, -0.2) is 0 Å². The predicted molar refractivity (Wildman–Crippen MR) is 80.1 cm³/mol. The van der Waals surface area contributed by atoms with E-state index in [0.29, 0.717) is 11.5 Å². The van der Waals surface area contributed by atoms with Crippen LogP contribution in [0.4, 0.5) is 0 Å². The number of hydrogen-bond acceptors (Lipinski definition) is 3. The Balaban J connectivity index is 3.75. The molecule has 0 fully saturated rings. The Kier molecular flexibility index (Phi) is 9.70. The molecule has 0 aliphatic rings. The minimum atomic E-state index is 0.430. The highest BCUT2D eigenvalue weighted by Crippen LogP contribution is 2.16. The van der Waals surface area contributed by atoms with E-state index in [4.69, 9.17) is 4.74 Å². The molecule has 0 aliphatic carbocycles. The largest absolute Gasteiger partial charge is 0.383 e. The van der Waals surface area contributed by atoms with Crippen molar-refractivity contribution in [3.05, 3.63) is 0 Å². The summed E-state index contributed by atoms with van der Waals surface area (Å²) in [6, 6.07) is 0.643. The van der Waals surface area contributed by atoms with Crippen LogP contribution in [0.2, 0.25) is 0 Å². The molecule has 0 spiro atoms. The fraction of sp³-hybridized carbons (Fsp3) is 1.00. The third-order valence-corrected chi connectivity index (χ3v) is 3.42. The van der Waals surface area contributed by atoms with E-state index in [1.807, 2.05) is 0 Å². The minimum absolute atomic E-state index is 0.430. The Morgan fingerprint density at radius 2 is 1.83 bits per heavy atom. The van der Waals surface area contributed by atoms with Gasteiger partial charge in [0, 0.05) is 32.8 Å². The normalized spacial score (nSPS) is 14.2. The third kappa shape index (κ3) is 9.86. The van der Waals surface area contributed by atoms with Crippen molar-refractivity contribution in [2.45, 2.75) is 53.5 Å². The van der Waals surface area contributed by atoms with Gasteiger partial charge in [0.2, 0.25) is 0 Å². The number of nitrogens with one attached hydrogen (secondary N) is 1. The van der Waals surface area contributed by atoms with Gasteiger partial charge in [0.15, 0.2) is 0 Å². The van der Waals surface area contributed by atoms with Gasteiger partial charge in [0.05, 0.1) is 6.61 Å². The molecule has 1 atom stereocenters. The van der Waals surface area contributed by atoms with Crippen molar-refractivity contribution >= 4 is 0 Å². The lowest BCUT2D eigenvalue weighted by atomic mass is 9.92. The first kappa shape index (κ1) is 17.9. The van der Waals surface area contributed by atoms with Gasteiger partial charge in [-0.05, 0) is 31.7 Å². The van der Waals surface area contributed by atoms with Gasteiger partial charge >= 0.3 is 0 Å². The molecule has 0 aromatic carbocycles. The molecule has 0 saturated carbocycles. The summed E-state index contributed by atoms with van der Waals surface area (Å²) in [5.41, 5.74) is 0.430. The van der Waals surface area contributed by atoms with Crippen LogP contribution in [-0.2, 0) is 4.74 Å². The zero-order valence-electron chi connectivity index (χ0n) is 13.4. The van der Waals surface area contributed by atoms with E-state index in [-0.39, 0.29) is 0 Å². The van der Waals surface area contributed by atoms with E-state index in [2.05, 4.69) is 44.8 Å². The number of hydrogen-bond donors (Lipinski definition) is 1. The molecule has 0 amide bonds. The lowest BCUT2D eigenvalue weighted by molar-refractivity contribution is 0.123. The van der Waals surface area contributed by atoms with Crippen molar-refractivity contribution < 1.29 is 4.74 Å².